The van der Waals surface area contributed by atoms with Crippen LogP contribution >= 0.6 is 0 Å². The van der Waals surface area contributed by atoms with Gasteiger partial charge in [-0.2, -0.15) is 0 Å². The summed E-state index contributed by atoms with van der Waals surface area (Å²) in [6, 6.07) is 95.6. The second-order valence-electron chi connectivity index (χ2n) is 22.3. The molecule has 354 valence electrons. The lowest BCUT2D eigenvalue weighted by Crippen LogP contribution is -2.88. The molecule has 4 fully saturated rings. The number of anilines is 3. The summed E-state index contributed by atoms with van der Waals surface area (Å²) >= 11 is 0. The molecule has 0 N–H and O–H groups in total. The highest BCUT2D eigenvalue weighted by Gasteiger charge is 2.90. The van der Waals surface area contributed by atoms with E-state index in [-0.39, 0.29) is 5.41 Å². The zero-order valence-corrected chi connectivity index (χ0v) is 41.6. The van der Waals surface area contributed by atoms with Gasteiger partial charge in [0.2, 0.25) is 0 Å². The third-order valence-electron chi connectivity index (χ3n) is 19.5. The summed E-state index contributed by atoms with van der Waals surface area (Å²) in [6.45, 7) is 0. The number of nitrogens with zero attached hydrogens (tertiary/aromatic N) is 2. The van der Waals surface area contributed by atoms with Crippen LogP contribution < -0.4 is 4.90 Å². The van der Waals surface area contributed by atoms with Crippen molar-refractivity contribution in [2.75, 3.05) is 4.90 Å². The van der Waals surface area contributed by atoms with Gasteiger partial charge in [-0.25, -0.2) is 0 Å². The molecule has 5 aliphatic rings. The van der Waals surface area contributed by atoms with E-state index in [1.165, 1.54) is 107 Å². The Morgan fingerprint density at radius 2 is 0.947 bits per heavy atom. The number of benzene rings is 11. The van der Waals surface area contributed by atoms with Crippen molar-refractivity contribution in [3.63, 3.8) is 0 Å². The lowest BCUT2D eigenvalue weighted by molar-refractivity contribution is -0.412. The van der Waals surface area contributed by atoms with E-state index in [2.05, 4.69) is 264 Å². The van der Waals surface area contributed by atoms with Gasteiger partial charge in [-0.1, -0.05) is 194 Å². The molecule has 2 nitrogen and oxygen atoms in total. The molecule has 4 saturated carbocycles. The Hall–Kier alpha value is -8.72. The van der Waals surface area contributed by atoms with Crippen LogP contribution in [0.2, 0.25) is 0 Å². The third kappa shape index (κ3) is 5.44. The van der Waals surface area contributed by atoms with Gasteiger partial charge in [0.1, 0.15) is 0 Å². The smallest absolute Gasteiger partial charge is 0.0541 e. The van der Waals surface area contributed by atoms with Gasteiger partial charge in [0.05, 0.1) is 22.4 Å². The van der Waals surface area contributed by atoms with Gasteiger partial charge in [-0.15, -0.1) is 0 Å². The lowest BCUT2D eigenvalue weighted by Gasteiger charge is -2.92. The maximum absolute atomic E-state index is 2.62. The molecule has 0 amide bonds. The molecule has 75 heavy (non-hydrogen) atoms. The Morgan fingerprint density at radius 3 is 1.72 bits per heavy atom. The Kier molecular flexibility index (Phi) is 8.58. The summed E-state index contributed by atoms with van der Waals surface area (Å²) in [4.78, 5) is 2.52. The van der Waals surface area contributed by atoms with Crippen LogP contribution in [-0.2, 0) is 5.41 Å². The van der Waals surface area contributed by atoms with Gasteiger partial charge in [0.15, 0.2) is 0 Å². The molecule has 17 rings (SSSR count). The molecule has 2 heteroatoms. The van der Waals surface area contributed by atoms with Crippen molar-refractivity contribution >= 4 is 49.6 Å². The Bertz CT molecular complexity index is 4290. The molecule has 5 aliphatic carbocycles. The van der Waals surface area contributed by atoms with Crippen molar-refractivity contribution in [2.45, 2.75) is 24.7 Å². The van der Waals surface area contributed by atoms with Gasteiger partial charge >= 0.3 is 0 Å². The second-order valence-corrected chi connectivity index (χ2v) is 22.3. The minimum Gasteiger partial charge on any atom is -0.309 e. The molecule has 0 radical (unpaired) electrons. The van der Waals surface area contributed by atoms with E-state index in [1.54, 1.807) is 11.1 Å². The molecule has 1 aromatic heterocycles. The molecule has 0 bridgehead atoms. The lowest BCUT2D eigenvalue weighted by atomic mass is 9.11. The van der Waals surface area contributed by atoms with E-state index in [0.717, 1.165) is 46.4 Å². The number of hydrogen-bond donors (Lipinski definition) is 0. The number of fused-ring (bicyclic) bond motifs is 11. The fourth-order valence-electron chi connectivity index (χ4n) is 16.6. The zero-order valence-electron chi connectivity index (χ0n) is 41.6. The summed E-state index contributed by atoms with van der Waals surface area (Å²) in [5, 5.41) is 4.96. The molecule has 11 aromatic carbocycles. The first-order valence-electron chi connectivity index (χ1n) is 27.2. The average Bonchev–Trinajstić information content (AvgIpc) is 3.97. The summed E-state index contributed by atoms with van der Waals surface area (Å²) < 4.78 is 2.40. The zero-order chi connectivity index (χ0) is 49.0. The van der Waals surface area contributed by atoms with E-state index in [4.69, 9.17) is 0 Å². The van der Waals surface area contributed by atoms with E-state index >= 15 is 0 Å². The summed E-state index contributed by atoms with van der Waals surface area (Å²) in [5.41, 5.74) is 23.7. The normalized spacial score (nSPS) is 22.1. The molecule has 0 saturated heterocycles. The van der Waals surface area contributed by atoms with Gasteiger partial charge in [0, 0.05) is 38.7 Å². The number of hydrogen-bond acceptors (Lipinski definition) is 1. The standard InChI is InChI=1S/C73H52N2/c1-3-17-47(18-4-1)56-27-15-19-48-20-16-28-61(71(48)56)59-25-9-13-31-66(59)75(65-30-12-8-23-55(65)50-36-40-68-62(41-50)60-26-10-14-32-67(60)74(68)53-21-5-2-6-22-53)54-37-33-46(34-38-54)49-35-39-58-57-24-7-11-29-63(57)73(64(58)42-49)69-44-51-43-52-45-70(73)72(51,52)69/h1-42,51-52,69-70H,43-45H2. The first kappa shape index (κ1) is 41.7. The number of para-hydroxylation sites is 4. The summed E-state index contributed by atoms with van der Waals surface area (Å²) in [7, 11) is 0. The van der Waals surface area contributed by atoms with E-state index in [9.17, 15) is 0 Å². The average molecular weight is 957 g/mol. The van der Waals surface area contributed by atoms with E-state index in [0.29, 0.717) is 5.41 Å². The van der Waals surface area contributed by atoms with Crippen molar-refractivity contribution in [2.24, 2.45) is 29.1 Å². The predicted molar refractivity (Wildman–Crippen MR) is 311 cm³/mol. The first-order chi connectivity index (χ1) is 37.2. The highest BCUT2D eigenvalue weighted by atomic mass is 15.1. The van der Waals surface area contributed by atoms with Gasteiger partial charge in [-0.3, -0.25) is 0 Å². The fourth-order valence-corrected chi connectivity index (χ4v) is 16.6. The molecule has 1 heterocycles. The van der Waals surface area contributed by atoms with Crippen molar-refractivity contribution in [1.29, 1.82) is 0 Å². The summed E-state index contributed by atoms with van der Waals surface area (Å²) in [6.07, 6.45) is 4.31. The molecule has 12 aromatic rings. The first-order valence-corrected chi connectivity index (χ1v) is 27.2. The Morgan fingerprint density at radius 1 is 0.360 bits per heavy atom. The minimum atomic E-state index is 0.182. The number of aromatic nitrogens is 1. The predicted octanol–water partition coefficient (Wildman–Crippen LogP) is 19.0. The number of rotatable bonds is 8. The monoisotopic (exact) mass is 956 g/mol. The third-order valence-corrected chi connectivity index (χ3v) is 19.5. The highest BCUT2D eigenvalue weighted by Crippen LogP contribution is 2.94. The van der Waals surface area contributed by atoms with Crippen molar-refractivity contribution in [1.82, 2.24) is 4.57 Å². The Labute approximate surface area is 437 Å². The van der Waals surface area contributed by atoms with Crippen molar-refractivity contribution in [3.8, 4) is 61.3 Å². The van der Waals surface area contributed by atoms with Crippen LogP contribution in [0.1, 0.15) is 30.4 Å². The molecule has 4 unspecified atom stereocenters. The molecule has 2 spiro atoms. The molecular formula is C73H52N2. The van der Waals surface area contributed by atoms with Crippen LogP contribution in [0.4, 0.5) is 17.1 Å². The fraction of sp³-hybridized carbons (Fsp3) is 0.123. The molecule has 0 aliphatic heterocycles. The topological polar surface area (TPSA) is 8.17 Å². The van der Waals surface area contributed by atoms with Crippen LogP contribution in [-0.4, -0.2) is 4.57 Å². The Balaban J connectivity index is 0.841. The van der Waals surface area contributed by atoms with Crippen LogP contribution in [0.5, 0.6) is 0 Å². The maximum Gasteiger partial charge on any atom is 0.0541 e. The van der Waals surface area contributed by atoms with Crippen LogP contribution in [0.15, 0.2) is 255 Å². The minimum absolute atomic E-state index is 0.182. The quantitative estimate of drug-likeness (QED) is 0.147. The van der Waals surface area contributed by atoms with Crippen molar-refractivity contribution in [3.05, 3.63) is 266 Å². The second kappa shape index (κ2) is 15.4. The van der Waals surface area contributed by atoms with Crippen LogP contribution in [0, 0.1) is 29.1 Å². The van der Waals surface area contributed by atoms with E-state index in [1.807, 2.05) is 0 Å². The van der Waals surface area contributed by atoms with Crippen molar-refractivity contribution < 1.29 is 0 Å². The SMILES string of the molecule is c1ccc(-c2cccc3cccc(-c4ccccc4N(c4ccc(-c5ccc6c(c5)C5(c7ccccc7-6)C6CC7CC8CC5C786)cc4)c4ccccc4-c4ccc5c(c4)c4ccccc4n5-c4ccccc4)c23)cc1. The molecule has 4 atom stereocenters. The summed E-state index contributed by atoms with van der Waals surface area (Å²) in [5.74, 6) is 3.57. The van der Waals surface area contributed by atoms with Gasteiger partial charge in [-0.05, 0) is 175 Å². The largest absolute Gasteiger partial charge is 0.309 e. The van der Waals surface area contributed by atoms with Crippen LogP contribution in [0.3, 0.4) is 0 Å². The van der Waals surface area contributed by atoms with E-state index < -0.39 is 0 Å². The highest BCUT2D eigenvalue weighted by molar-refractivity contribution is 6.12. The van der Waals surface area contributed by atoms with Gasteiger partial charge < -0.3 is 9.47 Å². The maximum atomic E-state index is 2.62. The molecular weight excluding hydrogens is 905 g/mol. The van der Waals surface area contributed by atoms with Gasteiger partial charge in [0.25, 0.3) is 0 Å². The van der Waals surface area contributed by atoms with Crippen LogP contribution in [0.25, 0.3) is 93.9 Å².